The highest BCUT2D eigenvalue weighted by Gasteiger charge is 2.38. The third kappa shape index (κ3) is 3.42. The van der Waals surface area contributed by atoms with Gasteiger partial charge >= 0.3 is 0 Å². The van der Waals surface area contributed by atoms with Gasteiger partial charge in [-0.25, -0.2) is 0 Å². The molecule has 1 heterocycles. The van der Waals surface area contributed by atoms with Gasteiger partial charge in [-0.3, -0.25) is 0 Å². The van der Waals surface area contributed by atoms with Gasteiger partial charge in [0.2, 0.25) is 0 Å². The van der Waals surface area contributed by atoms with E-state index in [0.29, 0.717) is 0 Å². The van der Waals surface area contributed by atoms with Gasteiger partial charge in [-0.1, -0.05) is 0 Å². The van der Waals surface area contributed by atoms with Crippen molar-refractivity contribution < 1.29 is 0 Å². The van der Waals surface area contributed by atoms with Crippen LogP contribution in [0, 0.1) is 0 Å². The molecular formula is C12H28N4. The standard InChI is InChI=1S/C12H28N4/c1-14(2)7-5-8-16-9-6-12(10-13,11-16)15(3)4/h5-11,13H2,1-4H3. The summed E-state index contributed by atoms with van der Waals surface area (Å²) in [4.78, 5) is 7.10. The third-order valence-corrected chi connectivity index (χ3v) is 3.82. The summed E-state index contributed by atoms with van der Waals surface area (Å²) in [5, 5.41) is 0. The average Bonchev–Trinajstić information content (AvgIpc) is 2.62. The Labute approximate surface area is 100 Å². The van der Waals surface area contributed by atoms with E-state index in [1.54, 1.807) is 0 Å². The minimum absolute atomic E-state index is 0.220. The van der Waals surface area contributed by atoms with Crippen molar-refractivity contribution in [2.24, 2.45) is 5.73 Å². The van der Waals surface area contributed by atoms with E-state index in [9.17, 15) is 0 Å². The Hall–Kier alpha value is -0.160. The van der Waals surface area contributed by atoms with Crippen molar-refractivity contribution >= 4 is 0 Å². The van der Waals surface area contributed by atoms with E-state index in [1.807, 2.05) is 0 Å². The maximum atomic E-state index is 5.93. The van der Waals surface area contributed by atoms with E-state index in [-0.39, 0.29) is 5.54 Å². The lowest BCUT2D eigenvalue weighted by atomic mass is 9.97. The summed E-state index contributed by atoms with van der Waals surface area (Å²) in [6, 6.07) is 0. The van der Waals surface area contributed by atoms with E-state index >= 15 is 0 Å². The Morgan fingerprint density at radius 2 is 1.94 bits per heavy atom. The fraction of sp³-hybridized carbons (Fsp3) is 1.00. The van der Waals surface area contributed by atoms with E-state index in [4.69, 9.17) is 5.73 Å². The zero-order valence-corrected chi connectivity index (χ0v) is 11.4. The second kappa shape index (κ2) is 5.96. The highest BCUT2D eigenvalue weighted by atomic mass is 15.3. The summed E-state index contributed by atoms with van der Waals surface area (Å²) in [7, 11) is 8.56. The van der Waals surface area contributed by atoms with Gasteiger partial charge in [0.05, 0.1) is 0 Å². The molecule has 0 amide bonds. The molecule has 0 radical (unpaired) electrons. The van der Waals surface area contributed by atoms with Crippen molar-refractivity contribution in [2.75, 3.05) is 60.9 Å². The summed E-state index contributed by atoms with van der Waals surface area (Å²) in [6.45, 7) is 5.47. The molecule has 0 aromatic carbocycles. The molecule has 1 atom stereocenters. The van der Waals surface area contributed by atoms with Crippen molar-refractivity contribution in [2.45, 2.75) is 18.4 Å². The summed E-state index contributed by atoms with van der Waals surface area (Å²) in [5.41, 5.74) is 6.15. The monoisotopic (exact) mass is 228 g/mol. The zero-order valence-electron chi connectivity index (χ0n) is 11.4. The minimum Gasteiger partial charge on any atom is -0.329 e. The smallest absolute Gasteiger partial charge is 0.0464 e. The Morgan fingerprint density at radius 1 is 1.25 bits per heavy atom. The molecule has 16 heavy (non-hydrogen) atoms. The van der Waals surface area contributed by atoms with Crippen LogP contribution in [0.25, 0.3) is 0 Å². The molecule has 2 N–H and O–H groups in total. The first kappa shape index (κ1) is 13.9. The largest absolute Gasteiger partial charge is 0.329 e. The molecule has 1 unspecified atom stereocenters. The van der Waals surface area contributed by atoms with Crippen molar-refractivity contribution in [3.8, 4) is 0 Å². The predicted octanol–water partition coefficient (Wildman–Crippen LogP) is -0.0971. The summed E-state index contributed by atoms with van der Waals surface area (Å²) in [6.07, 6.45) is 2.46. The third-order valence-electron chi connectivity index (χ3n) is 3.82. The van der Waals surface area contributed by atoms with Gasteiger partial charge in [0.1, 0.15) is 0 Å². The molecule has 1 fully saturated rings. The van der Waals surface area contributed by atoms with Crippen LogP contribution in [0.1, 0.15) is 12.8 Å². The molecule has 0 aromatic rings. The number of rotatable bonds is 6. The normalized spacial score (nSPS) is 27.2. The molecule has 1 rings (SSSR count). The molecule has 4 heteroatoms. The second-order valence-electron chi connectivity index (χ2n) is 5.51. The highest BCUT2D eigenvalue weighted by molar-refractivity contribution is 4.97. The Balaban J connectivity index is 2.33. The molecule has 4 nitrogen and oxygen atoms in total. The van der Waals surface area contributed by atoms with Crippen molar-refractivity contribution in [1.82, 2.24) is 14.7 Å². The number of hydrogen-bond acceptors (Lipinski definition) is 4. The topological polar surface area (TPSA) is 35.7 Å². The van der Waals surface area contributed by atoms with Crippen molar-refractivity contribution in [1.29, 1.82) is 0 Å². The van der Waals surface area contributed by atoms with Crippen LogP contribution >= 0.6 is 0 Å². The van der Waals surface area contributed by atoms with Crippen LogP contribution in [0.3, 0.4) is 0 Å². The van der Waals surface area contributed by atoms with Gasteiger partial charge in [0.15, 0.2) is 0 Å². The van der Waals surface area contributed by atoms with Gasteiger partial charge in [-0.2, -0.15) is 0 Å². The van der Waals surface area contributed by atoms with Gasteiger partial charge in [0, 0.05) is 25.2 Å². The molecule has 1 aliphatic rings. The van der Waals surface area contributed by atoms with Crippen LogP contribution in [0.15, 0.2) is 0 Å². The molecule has 0 aromatic heterocycles. The van der Waals surface area contributed by atoms with Crippen LogP contribution in [0.5, 0.6) is 0 Å². The number of likely N-dealkylation sites (N-methyl/N-ethyl adjacent to an activating group) is 1. The van der Waals surface area contributed by atoms with Crippen LogP contribution in [-0.2, 0) is 0 Å². The molecular weight excluding hydrogens is 200 g/mol. The van der Waals surface area contributed by atoms with E-state index in [1.165, 1.54) is 32.5 Å². The molecule has 1 saturated heterocycles. The first-order valence-corrected chi connectivity index (χ1v) is 6.25. The number of nitrogens with two attached hydrogens (primary N) is 1. The average molecular weight is 228 g/mol. The summed E-state index contributed by atoms with van der Waals surface area (Å²) < 4.78 is 0. The Bertz CT molecular complexity index is 205. The summed E-state index contributed by atoms with van der Waals surface area (Å²) in [5.74, 6) is 0. The van der Waals surface area contributed by atoms with E-state index in [2.05, 4.69) is 42.9 Å². The number of hydrogen-bond donors (Lipinski definition) is 1. The molecule has 96 valence electrons. The van der Waals surface area contributed by atoms with Crippen LogP contribution in [0.4, 0.5) is 0 Å². The predicted molar refractivity (Wildman–Crippen MR) is 69.7 cm³/mol. The van der Waals surface area contributed by atoms with Gasteiger partial charge in [-0.15, -0.1) is 0 Å². The molecule has 0 spiro atoms. The van der Waals surface area contributed by atoms with Crippen molar-refractivity contribution in [3.63, 3.8) is 0 Å². The second-order valence-corrected chi connectivity index (χ2v) is 5.51. The first-order chi connectivity index (χ1) is 7.50. The van der Waals surface area contributed by atoms with Crippen molar-refractivity contribution in [3.05, 3.63) is 0 Å². The maximum Gasteiger partial charge on any atom is 0.0464 e. The Morgan fingerprint density at radius 3 is 2.38 bits per heavy atom. The van der Waals surface area contributed by atoms with Gasteiger partial charge in [0.25, 0.3) is 0 Å². The van der Waals surface area contributed by atoms with Gasteiger partial charge < -0.3 is 20.4 Å². The lowest BCUT2D eigenvalue weighted by molar-refractivity contribution is 0.159. The fourth-order valence-electron chi connectivity index (χ4n) is 2.46. The summed E-state index contributed by atoms with van der Waals surface area (Å²) >= 11 is 0. The lowest BCUT2D eigenvalue weighted by Gasteiger charge is -2.35. The molecule has 0 aliphatic carbocycles. The van der Waals surface area contributed by atoms with Gasteiger partial charge in [-0.05, 0) is 54.1 Å². The fourth-order valence-corrected chi connectivity index (χ4v) is 2.46. The number of nitrogens with zero attached hydrogens (tertiary/aromatic N) is 3. The number of likely N-dealkylation sites (tertiary alicyclic amines) is 1. The van der Waals surface area contributed by atoms with Crippen LogP contribution < -0.4 is 5.73 Å². The minimum atomic E-state index is 0.220. The van der Waals surface area contributed by atoms with Crippen LogP contribution in [0.2, 0.25) is 0 Å². The molecule has 0 saturated carbocycles. The molecule has 1 aliphatic heterocycles. The van der Waals surface area contributed by atoms with E-state index < -0.39 is 0 Å². The lowest BCUT2D eigenvalue weighted by Crippen LogP contribution is -2.52. The SMILES string of the molecule is CN(C)CCCN1CCC(CN)(N(C)C)C1. The maximum absolute atomic E-state index is 5.93. The zero-order chi connectivity index (χ0) is 12.2. The van der Waals surface area contributed by atoms with E-state index in [0.717, 1.165) is 13.1 Å². The first-order valence-electron chi connectivity index (χ1n) is 6.25. The molecule has 0 bridgehead atoms. The van der Waals surface area contributed by atoms with Crippen LogP contribution in [-0.4, -0.2) is 81.2 Å². The Kier molecular flexibility index (Phi) is 5.18. The highest BCUT2D eigenvalue weighted by Crippen LogP contribution is 2.24. The quantitative estimate of drug-likeness (QED) is 0.689.